The van der Waals surface area contributed by atoms with E-state index in [4.69, 9.17) is 14.2 Å². The number of methoxy groups -OCH3 is 1. The largest absolute Gasteiger partial charge is 0.493 e. The fourth-order valence-corrected chi connectivity index (χ4v) is 2.60. The van der Waals surface area contributed by atoms with Crippen LogP contribution in [0.1, 0.15) is 37.5 Å². The second-order valence-electron chi connectivity index (χ2n) is 6.83. The molecule has 5 nitrogen and oxygen atoms in total. The molecular weight excluding hydrogens is 342 g/mol. The number of carbonyl (C=O) groups excluding carboxylic acids is 1. The topological polar surface area (TPSA) is 56.8 Å². The zero-order valence-electron chi connectivity index (χ0n) is 17.0. The summed E-state index contributed by atoms with van der Waals surface area (Å²) in [4.78, 5) is 12.4. The van der Waals surface area contributed by atoms with Crippen molar-refractivity contribution in [1.82, 2.24) is 5.32 Å². The number of aryl methyl sites for hydroxylation is 1. The number of amides is 1. The molecule has 1 amide bonds. The maximum atomic E-state index is 12.4. The van der Waals surface area contributed by atoms with E-state index in [2.05, 4.69) is 5.32 Å². The van der Waals surface area contributed by atoms with Gasteiger partial charge < -0.3 is 19.5 Å². The molecule has 0 aliphatic carbocycles. The minimum atomic E-state index is -0.587. The van der Waals surface area contributed by atoms with Gasteiger partial charge in [-0.25, -0.2) is 0 Å². The molecule has 0 aliphatic heterocycles. The Morgan fingerprint density at radius 1 is 1.00 bits per heavy atom. The van der Waals surface area contributed by atoms with Gasteiger partial charge in [-0.3, -0.25) is 4.79 Å². The highest BCUT2D eigenvalue weighted by Crippen LogP contribution is 2.29. The lowest BCUT2D eigenvalue weighted by Gasteiger charge is -2.18. The van der Waals surface area contributed by atoms with Crippen LogP contribution in [0.4, 0.5) is 0 Å². The standard InChI is InChI=1S/C22H29NO4/c1-14(2)26-20-11-10-18(12-21(20)25-6)13-23-22(24)17(5)27-19-9-7-8-15(3)16(19)4/h7-12,14,17H,13H2,1-6H3,(H,23,24). The minimum absolute atomic E-state index is 0.0625. The summed E-state index contributed by atoms with van der Waals surface area (Å²) in [6.07, 6.45) is -0.525. The van der Waals surface area contributed by atoms with Gasteiger partial charge in [0.15, 0.2) is 17.6 Å². The molecule has 0 aliphatic rings. The van der Waals surface area contributed by atoms with Crippen molar-refractivity contribution in [2.75, 3.05) is 7.11 Å². The van der Waals surface area contributed by atoms with Crippen LogP contribution in [0, 0.1) is 13.8 Å². The molecule has 0 fully saturated rings. The molecule has 2 aromatic carbocycles. The van der Waals surface area contributed by atoms with Crippen LogP contribution < -0.4 is 19.5 Å². The predicted octanol–water partition coefficient (Wildman–Crippen LogP) is 4.18. The van der Waals surface area contributed by atoms with E-state index in [-0.39, 0.29) is 12.0 Å². The van der Waals surface area contributed by atoms with Crippen molar-refractivity contribution >= 4 is 5.91 Å². The van der Waals surface area contributed by atoms with Crippen molar-refractivity contribution in [3.63, 3.8) is 0 Å². The molecular formula is C22H29NO4. The van der Waals surface area contributed by atoms with Crippen LogP contribution in [0.25, 0.3) is 0 Å². The third-order valence-electron chi connectivity index (χ3n) is 4.29. The number of benzene rings is 2. The van der Waals surface area contributed by atoms with Gasteiger partial charge in [0.2, 0.25) is 0 Å². The van der Waals surface area contributed by atoms with Gasteiger partial charge in [0.25, 0.3) is 5.91 Å². The Kier molecular flexibility index (Phi) is 7.11. The summed E-state index contributed by atoms with van der Waals surface area (Å²) in [5, 5.41) is 2.90. The van der Waals surface area contributed by atoms with Gasteiger partial charge in [0.1, 0.15) is 5.75 Å². The molecule has 1 N–H and O–H groups in total. The normalized spacial score (nSPS) is 11.8. The van der Waals surface area contributed by atoms with E-state index in [9.17, 15) is 4.79 Å². The maximum absolute atomic E-state index is 12.4. The maximum Gasteiger partial charge on any atom is 0.261 e. The molecule has 0 aromatic heterocycles. The van der Waals surface area contributed by atoms with Crippen molar-refractivity contribution in [3.05, 3.63) is 53.1 Å². The average Bonchev–Trinajstić information content (AvgIpc) is 2.63. The first-order valence-corrected chi connectivity index (χ1v) is 9.16. The summed E-state index contributed by atoms with van der Waals surface area (Å²) in [5.74, 6) is 1.90. The van der Waals surface area contributed by atoms with E-state index in [1.165, 1.54) is 0 Å². The highest BCUT2D eigenvalue weighted by atomic mass is 16.5. The Morgan fingerprint density at radius 3 is 2.41 bits per heavy atom. The number of hydrogen-bond acceptors (Lipinski definition) is 4. The van der Waals surface area contributed by atoms with E-state index in [0.717, 1.165) is 22.4 Å². The summed E-state index contributed by atoms with van der Waals surface area (Å²) < 4.78 is 16.9. The molecule has 0 saturated carbocycles. The highest BCUT2D eigenvalue weighted by molar-refractivity contribution is 5.80. The Balaban J connectivity index is 1.97. The van der Waals surface area contributed by atoms with Crippen LogP contribution in [0.5, 0.6) is 17.2 Å². The Bertz CT molecular complexity index is 786. The molecule has 0 saturated heterocycles. The number of nitrogens with one attached hydrogen (secondary N) is 1. The van der Waals surface area contributed by atoms with Crippen LogP contribution in [0.15, 0.2) is 36.4 Å². The molecule has 1 unspecified atom stereocenters. The lowest BCUT2D eigenvalue weighted by Crippen LogP contribution is -2.36. The Labute approximate surface area is 161 Å². The summed E-state index contributed by atoms with van der Waals surface area (Å²) in [7, 11) is 1.60. The molecule has 5 heteroatoms. The molecule has 0 radical (unpaired) electrons. The molecule has 2 aromatic rings. The molecule has 1 atom stereocenters. The zero-order valence-corrected chi connectivity index (χ0v) is 17.0. The first-order chi connectivity index (χ1) is 12.8. The summed E-state index contributed by atoms with van der Waals surface area (Å²) in [6.45, 7) is 10.1. The zero-order chi connectivity index (χ0) is 20.0. The smallest absolute Gasteiger partial charge is 0.261 e. The molecule has 0 spiro atoms. The van der Waals surface area contributed by atoms with Gasteiger partial charge in [0, 0.05) is 6.54 Å². The van der Waals surface area contributed by atoms with Gasteiger partial charge in [-0.05, 0) is 69.5 Å². The van der Waals surface area contributed by atoms with E-state index in [1.54, 1.807) is 14.0 Å². The van der Waals surface area contributed by atoms with Crippen molar-refractivity contribution in [3.8, 4) is 17.2 Å². The van der Waals surface area contributed by atoms with Crippen LogP contribution in [-0.4, -0.2) is 25.2 Å². The van der Waals surface area contributed by atoms with Gasteiger partial charge in [0.05, 0.1) is 13.2 Å². The number of hydrogen-bond donors (Lipinski definition) is 1. The molecule has 0 bridgehead atoms. The molecule has 2 rings (SSSR count). The quantitative estimate of drug-likeness (QED) is 0.756. The van der Waals surface area contributed by atoms with Crippen molar-refractivity contribution in [2.24, 2.45) is 0 Å². The highest BCUT2D eigenvalue weighted by Gasteiger charge is 2.16. The first kappa shape index (κ1) is 20.6. The summed E-state index contributed by atoms with van der Waals surface area (Å²) >= 11 is 0. The van der Waals surface area contributed by atoms with Crippen LogP contribution >= 0.6 is 0 Å². The molecule has 146 valence electrons. The average molecular weight is 371 g/mol. The van der Waals surface area contributed by atoms with Gasteiger partial charge >= 0.3 is 0 Å². The predicted molar refractivity (Wildman–Crippen MR) is 107 cm³/mol. The van der Waals surface area contributed by atoms with E-state index in [1.807, 2.05) is 64.1 Å². The first-order valence-electron chi connectivity index (χ1n) is 9.16. The second kappa shape index (κ2) is 9.31. The minimum Gasteiger partial charge on any atom is -0.493 e. The van der Waals surface area contributed by atoms with Gasteiger partial charge in [-0.1, -0.05) is 18.2 Å². The second-order valence-corrected chi connectivity index (χ2v) is 6.83. The lowest BCUT2D eigenvalue weighted by atomic mass is 10.1. The number of ether oxygens (including phenoxy) is 3. The third-order valence-corrected chi connectivity index (χ3v) is 4.29. The van der Waals surface area contributed by atoms with Crippen LogP contribution in [0.3, 0.4) is 0 Å². The van der Waals surface area contributed by atoms with Crippen molar-refractivity contribution < 1.29 is 19.0 Å². The number of carbonyl (C=O) groups is 1. The van der Waals surface area contributed by atoms with Gasteiger partial charge in [-0.2, -0.15) is 0 Å². The molecule has 0 heterocycles. The van der Waals surface area contributed by atoms with Gasteiger partial charge in [-0.15, -0.1) is 0 Å². The fourth-order valence-electron chi connectivity index (χ4n) is 2.60. The Hall–Kier alpha value is -2.69. The van der Waals surface area contributed by atoms with Crippen molar-refractivity contribution in [1.29, 1.82) is 0 Å². The summed E-state index contributed by atoms with van der Waals surface area (Å²) in [6, 6.07) is 11.5. The third kappa shape index (κ3) is 5.64. The van der Waals surface area contributed by atoms with Crippen molar-refractivity contribution in [2.45, 2.75) is 53.4 Å². The SMILES string of the molecule is COc1cc(CNC(=O)C(C)Oc2cccc(C)c2C)ccc1OC(C)C. The van der Waals surface area contributed by atoms with E-state index in [0.29, 0.717) is 18.0 Å². The Morgan fingerprint density at radius 2 is 1.74 bits per heavy atom. The summed E-state index contributed by atoms with van der Waals surface area (Å²) in [5.41, 5.74) is 3.11. The fraction of sp³-hybridized carbons (Fsp3) is 0.409. The molecule has 27 heavy (non-hydrogen) atoms. The van der Waals surface area contributed by atoms with E-state index >= 15 is 0 Å². The monoisotopic (exact) mass is 371 g/mol. The van der Waals surface area contributed by atoms with Crippen LogP contribution in [0.2, 0.25) is 0 Å². The van der Waals surface area contributed by atoms with E-state index < -0.39 is 6.10 Å². The van der Waals surface area contributed by atoms with Crippen LogP contribution in [-0.2, 0) is 11.3 Å². The number of rotatable bonds is 8. The lowest BCUT2D eigenvalue weighted by molar-refractivity contribution is -0.127.